The number of alkyl halides is 3. The number of hydrogen-bond donors (Lipinski definition) is 0. The Morgan fingerprint density at radius 1 is 1.06 bits per heavy atom. The Balaban J connectivity index is 1.83. The molecule has 0 aliphatic rings. The maximum Gasteiger partial charge on any atom is 0.435 e. The number of likely N-dealkylation sites (N-methyl/N-ethyl adjacent to an activating group) is 1. The minimum atomic E-state index is -4.91. The Labute approximate surface area is 181 Å². The van der Waals surface area contributed by atoms with Crippen LogP contribution >= 0.6 is 0 Å². The van der Waals surface area contributed by atoms with Gasteiger partial charge in [-0.05, 0) is 48.4 Å². The van der Waals surface area contributed by atoms with Crippen molar-refractivity contribution in [2.24, 2.45) is 0 Å². The molecule has 1 heterocycles. The van der Waals surface area contributed by atoms with Crippen LogP contribution in [0.2, 0.25) is 0 Å². The molecule has 1 amide bonds. The van der Waals surface area contributed by atoms with E-state index in [2.05, 4.69) is 10.3 Å². The van der Waals surface area contributed by atoms with Crippen molar-refractivity contribution in [3.63, 3.8) is 0 Å². The second kappa shape index (κ2) is 9.25. The number of carbonyl (C=O) groups excluding carboxylic acids is 1. The first-order chi connectivity index (χ1) is 15.2. The Bertz CT molecular complexity index is 1100. The minimum Gasteiger partial charge on any atom is -0.493 e. The molecule has 0 aliphatic carbocycles. The molecule has 0 aliphatic heterocycles. The monoisotopic (exact) mass is 452 g/mol. The molecule has 0 radical (unpaired) electrons. The van der Waals surface area contributed by atoms with E-state index in [0.29, 0.717) is 22.6 Å². The zero-order chi connectivity index (χ0) is 23.5. The predicted octanol–water partition coefficient (Wildman–Crippen LogP) is 3.76. The lowest BCUT2D eigenvalue weighted by atomic mass is 10.1. The lowest BCUT2D eigenvalue weighted by molar-refractivity contribution is -0.143. The highest BCUT2D eigenvalue weighted by Crippen LogP contribution is 2.33. The molecule has 3 aromatic rings. The van der Waals surface area contributed by atoms with Crippen LogP contribution in [0.25, 0.3) is 5.69 Å². The number of carbonyl (C=O) groups is 1. The summed E-state index contributed by atoms with van der Waals surface area (Å²) >= 11 is 0. The third-order valence-corrected chi connectivity index (χ3v) is 4.74. The molecule has 7 nitrogen and oxygen atoms in total. The Morgan fingerprint density at radius 3 is 2.31 bits per heavy atom. The van der Waals surface area contributed by atoms with Gasteiger partial charge in [0.1, 0.15) is 5.82 Å². The van der Waals surface area contributed by atoms with Crippen LogP contribution in [-0.2, 0) is 12.6 Å². The van der Waals surface area contributed by atoms with Crippen LogP contribution in [0.15, 0.2) is 42.5 Å². The number of amides is 1. The van der Waals surface area contributed by atoms with E-state index in [9.17, 15) is 22.4 Å². The molecule has 170 valence electrons. The van der Waals surface area contributed by atoms with Crippen LogP contribution in [-0.4, -0.2) is 53.6 Å². The van der Waals surface area contributed by atoms with Crippen molar-refractivity contribution in [1.82, 2.24) is 19.9 Å². The maximum absolute atomic E-state index is 13.8. The lowest BCUT2D eigenvalue weighted by Gasteiger charge is -2.18. The summed E-state index contributed by atoms with van der Waals surface area (Å²) < 4.78 is 65.3. The van der Waals surface area contributed by atoms with E-state index in [1.807, 2.05) is 0 Å². The third kappa shape index (κ3) is 4.82. The number of rotatable bonds is 7. The fourth-order valence-electron chi connectivity index (χ4n) is 3.06. The smallest absolute Gasteiger partial charge is 0.435 e. The molecule has 2 aromatic carbocycles. The van der Waals surface area contributed by atoms with Gasteiger partial charge in [-0.2, -0.15) is 13.2 Å². The molecule has 0 fully saturated rings. The van der Waals surface area contributed by atoms with Gasteiger partial charge in [0.15, 0.2) is 22.9 Å². The number of aromatic nitrogens is 3. The van der Waals surface area contributed by atoms with E-state index in [1.54, 1.807) is 18.2 Å². The predicted molar refractivity (Wildman–Crippen MR) is 107 cm³/mol. The second-order valence-corrected chi connectivity index (χ2v) is 6.84. The summed E-state index contributed by atoms with van der Waals surface area (Å²) in [4.78, 5) is 13.9. The highest BCUT2D eigenvalue weighted by Gasteiger charge is 2.42. The molecular formula is C21H20F4N4O3. The van der Waals surface area contributed by atoms with Crippen molar-refractivity contribution < 1.29 is 31.8 Å². The highest BCUT2D eigenvalue weighted by atomic mass is 19.4. The van der Waals surface area contributed by atoms with Crippen molar-refractivity contribution in [2.45, 2.75) is 12.6 Å². The topological polar surface area (TPSA) is 69.5 Å². The molecule has 0 N–H and O–H groups in total. The van der Waals surface area contributed by atoms with E-state index in [1.165, 1.54) is 21.3 Å². The largest absolute Gasteiger partial charge is 0.493 e. The van der Waals surface area contributed by atoms with Gasteiger partial charge in [-0.15, -0.1) is 5.10 Å². The molecule has 3 rings (SSSR count). The molecule has 0 unspecified atom stereocenters. The normalized spacial score (nSPS) is 11.3. The molecule has 0 atom stereocenters. The van der Waals surface area contributed by atoms with Gasteiger partial charge in [0.05, 0.1) is 19.9 Å². The van der Waals surface area contributed by atoms with Crippen molar-refractivity contribution >= 4 is 5.91 Å². The van der Waals surface area contributed by atoms with E-state index in [-0.39, 0.29) is 12.2 Å². The SMILES string of the molecule is COc1ccc(CCN(C)C(=O)c2nnn(-c3ccc(F)cc3)c2C(F)(F)F)cc1OC. The van der Waals surface area contributed by atoms with Gasteiger partial charge >= 0.3 is 6.18 Å². The number of ether oxygens (including phenoxy) is 2. The average Bonchev–Trinajstić information content (AvgIpc) is 3.23. The van der Waals surface area contributed by atoms with Crippen molar-refractivity contribution in [2.75, 3.05) is 27.8 Å². The fourth-order valence-corrected chi connectivity index (χ4v) is 3.06. The summed E-state index contributed by atoms with van der Waals surface area (Å²) in [6.45, 7) is 0.120. The maximum atomic E-state index is 13.8. The first kappa shape index (κ1) is 23.0. The zero-order valence-corrected chi connectivity index (χ0v) is 17.5. The van der Waals surface area contributed by atoms with Crippen LogP contribution in [0.3, 0.4) is 0 Å². The third-order valence-electron chi connectivity index (χ3n) is 4.74. The standard InChI is InChI=1S/C21H20F4N4O3/c1-28(11-10-13-4-9-16(31-2)17(12-13)32-3)20(30)18-19(21(23,24)25)29(27-26-18)15-7-5-14(22)6-8-15/h4-9,12H,10-11H2,1-3H3. The summed E-state index contributed by atoms with van der Waals surface area (Å²) in [5.74, 6) is -0.520. The molecule has 32 heavy (non-hydrogen) atoms. The van der Waals surface area contributed by atoms with Crippen LogP contribution in [0.4, 0.5) is 17.6 Å². The lowest BCUT2D eigenvalue weighted by Crippen LogP contribution is -2.31. The number of halogens is 4. The number of hydrogen-bond acceptors (Lipinski definition) is 5. The van der Waals surface area contributed by atoms with E-state index in [0.717, 1.165) is 34.7 Å². The van der Waals surface area contributed by atoms with Gasteiger partial charge in [0.25, 0.3) is 5.91 Å². The van der Waals surface area contributed by atoms with Crippen molar-refractivity contribution in [3.05, 3.63) is 65.2 Å². The van der Waals surface area contributed by atoms with Crippen LogP contribution < -0.4 is 9.47 Å². The van der Waals surface area contributed by atoms with Gasteiger partial charge in [0, 0.05) is 13.6 Å². The van der Waals surface area contributed by atoms with Crippen molar-refractivity contribution in [1.29, 1.82) is 0 Å². The number of methoxy groups -OCH3 is 2. The summed E-state index contributed by atoms with van der Waals surface area (Å²) in [5.41, 5.74) is -1.43. The van der Waals surface area contributed by atoms with Crippen molar-refractivity contribution in [3.8, 4) is 17.2 Å². The molecule has 11 heteroatoms. The van der Waals surface area contributed by atoms with Gasteiger partial charge in [-0.3, -0.25) is 4.79 Å². The minimum absolute atomic E-state index is 0.0711. The van der Waals surface area contributed by atoms with E-state index < -0.39 is 29.3 Å². The van der Waals surface area contributed by atoms with Gasteiger partial charge in [-0.1, -0.05) is 11.3 Å². The van der Waals surface area contributed by atoms with Gasteiger partial charge in [-0.25, -0.2) is 9.07 Å². The Kier molecular flexibility index (Phi) is 6.66. The first-order valence-electron chi connectivity index (χ1n) is 9.41. The molecule has 0 bridgehead atoms. The molecule has 0 saturated carbocycles. The van der Waals surface area contributed by atoms with Gasteiger partial charge in [0.2, 0.25) is 0 Å². The summed E-state index contributed by atoms with van der Waals surface area (Å²) in [5, 5.41) is 6.97. The quantitative estimate of drug-likeness (QED) is 0.511. The molecular weight excluding hydrogens is 432 g/mol. The highest BCUT2D eigenvalue weighted by molar-refractivity contribution is 5.93. The molecule has 1 aromatic heterocycles. The van der Waals surface area contributed by atoms with E-state index >= 15 is 0 Å². The number of nitrogens with zero attached hydrogens (tertiary/aromatic N) is 4. The Morgan fingerprint density at radius 2 is 1.72 bits per heavy atom. The fraction of sp³-hybridized carbons (Fsp3) is 0.286. The average molecular weight is 452 g/mol. The molecule has 0 saturated heterocycles. The first-order valence-corrected chi connectivity index (χ1v) is 9.41. The summed E-state index contributed by atoms with van der Waals surface area (Å²) in [7, 11) is 4.36. The number of benzene rings is 2. The van der Waals surface area contributed by atoms with Crippen LogP contribution in [0, 0.1) is 5.82 Å². The van der Waals surface area contributed by atoms with Crippen LogP contribution in [0.1, 0.15) is 21.7 Å². The van der Waals surface area contributed by atoms with E-state index in [4.69, 9.17) is 9.47 Å². The zero-order valence-electron chi connectivity index (χ0n) is 17.5. The van der Waals surface area contributed by atoms with Crippen LogP contribution in [0.5, 0.6) is 11.5 Å². The second-order valence-electron chi connectivity index (χ2n) is 6.84. The van der Waals surface area contributed by atoms with Gasteiger partial charge < -0.3 is 14.4 Å². The molecule has 0 spiro atoms. The summed E-state index contributed by atoms with van der Waals surface area (Å²) in [6, 6.07) is 9.42. The summed E-state index contributed by atoms with van der Waals surface area (Å²) in [6.07, 6.45) is -4.55. The Hall–Kier alpha value is -3.63.